The van der Waals surface area contributed by atoms with Gasteiger partial charge in [0.1, 0.15) is 0 Å². The predicted octanol–water partition coefficient (Wildman–Crippen LogP) is 4.33. The molecule has 4 heteroatoms. The molecule has 1 aromatic carbocycles. The number of rotatable bonds is 3. The molecule has 0 unspecified atom stereocenters. The van der Waals surface area contributed by atoms with Crippen molar-refractivity contribution in [2.45, 2.75) is 20.3 Å². The quantitative estimate of drug-likeness (QED) is 0.753. The average molecular weight is 321 g/mol. The maximum atomic E-state index is 6.01. The topological polar surface area (TPSA) is 9.23 Å². The van der Waals surface area contributed by atoms with Gasteiger partial charge in [-0.05, 0) is 0 Å². The SMILES string of the molecule is Cl.Cl.[CH2]=[Ti]([O]c1cc(C)cc(C)c1)[C]1=CC=CC1. The van der Waals surface area contributed by atoms with Crippen LogP contribution in [0.15, 0.2) is 40.3 Å². The molecule has 1 nitrogen and oxygen atoms in total. The first-order valence-electron chi connectivity index (χ1n) is 5.46. The molecule has 18 heavy (non-hydrogen) atoms. The van der Waals surface area contributed by atoms with Crippen LogP contribution >= 0.6 is 24.8 Å². The van der Waals surface area contributed by atoms with Crippen molar-refractivity contribution in [3.8, 4) is 5.75 Å². The number of hydrogen-bond donors (Lipinski definition) is 0. The van der Waals surface area contributed by atoms with Gasteiger partial charge in [0, 0.05) is 0 Å². The number of allylic oxidation sites excluding steroid dienone is 4. The number of halogens is 2. The molecule has 1 aliphatic carbocycles. The zero-order valence-corrected chi connectivity index (χ0v) is 13.8. The minimum absolute atomic E-state index is 0. The fourth-order valence-corrected chi connectivity index (χ4v) is 3.67. The molecular formula is C14H18Cl2OTi. The van der Waals surface area contributed by atoms with E-state index in [1.54, 1.807) is 0 Å². The molecule has 0 amide bonds. The third-order valence-corrected chi connectivity index (χ3v) is 5.02. The number of benzene rings is 1. The number of hydrogen-bond acceptors (Lipinski definition) is 1. The third kappa shape index (κ3) is 4.74. The van der Waals surface area contributed by atoms with Crippen molar-refractivity contribution in [2.24, 2.45) is 0 Å². The molecule has 0 bridgehead atoms. The molecule has 0 saturated heterocycles. The van der Waals surface area contributed by atoms with E-state index >= 15 is 0 Å². The minimum atomic E-state index is -1.75. The second-order valence-corrected chi connectivity index (χ2v) is 6.82. The summed E-state index contributed by atoms with van der Waals surface area (Å²) in [6.07, 6.45) is 7.45. The second kappa shape index (κ2) is 7.96. The summed E-state index contributed by atoms with van der Waals surface area (Å²) in [5.41, 5.74) is 2.50. The van der Waals surface area contributed by atoms with Crippen molar-refractivity contribution in [1.29, 1.82) is 0 Å². The van der Waals surface area contributed by atoms with E-state index < -0.39 is 17.8 Å². The Hall–Kier alpha value is -0.336. The van der Waals surface area contributed by atoms with Crippen LogP contribution in [0, 0.1) is 13.8 Å². The Morgan fingerprint density at radius 2 is 1.72 bits per heavy atom. The average Bonchev–Trinajstić information content (AvgIpc) is 2.68. The molecule has 0 aliphatic heterocycles. The van der Waals surface area contributed by atoms with Gasteiger partial charge in [-0.2, -0.15) is 0 Å². The zero-order valence-electron chi connectivity index (χ0n) is 10.6. The molecule has 1 aliphatic rings. The Balaban J connectivity index is 0.00000144. The van der Waals surface area contributed by atoms with Crippen LogP contribution < -0.4 is 3.32 Å². The summed E-state index contributed by atoms with van der Waals surface area (Å²) in [4.78, 5) is 4.21. The summed E-state index contributed by atoms with van der Waals surface area (Å²) in [6.45, 7) is 4.19. The van der Waals surface area contributed by atoms with Crippen LogP contribution in [0.25, 0.3) is 0 Å². The molecule has 2 rings (SSSR count). The first-order valence-corrected chi connectivity index (χ1v) is 7.98. The first-order chi connectivity index (χ1) is 7.65. The van der Waals surface area contributed by atoms with Crippen molar-refractivity contribution in [2.75, 3.05) is 0 Å². The fraction of sp³-hybridized carbons (Fsp3) is 0.214. The van der Waals surface area contributed by atoms with Crippen molar-refractivity contribution >= 4 is 29.6 Å². The van der Waals surface area contributed by atoms with Gasteiger partial charge in [0.05, 0.1) is 0 Å². The molecule has 0 N–H and O–H groups in total. The van der Waals surface area contributed by atoms with Crippen molar-refractivity contribution < 1.29 is 21.1 Å². The van der Waals surface area contributed by atoms with Gasteiger partial charge < -0.3 is 0 Å². The monoisotopic (exact) mass is 320 g/mol. The molecule has 0 aromatic heterocycles. The van der Waals surface area contributed by atoms with E-state index in [9.17, 15) is 0 Å². The van der Waals surface area contributed by atoms with E-state index in [4.69, 9.17) is 3.32 Å². The van der Waals surface area contributed by atoms with Gasteiger partial charge >= 0.3 is 103 Å². The Morgan fingerprint density at radius 3 is 2.22 bits per heavy atom. The second-order valence-electron chi connectivity index (χ2n) is 4.17. The zero-order chi connectivity index (χ0) is 11.5. The predicted molar refractivity (Wildman–Crippen MR) is 80.0 cm³/mol. The third-order valence-electron chi connectivity index (χ3n) is 2.57. The van der Waals surface area contributed by atoms with E-state index in [-0.39, 0.29) is 24.8 Å². The summed E-state index contributed by atoms with van der Waals surface area (Å²) in [7, 11) is 0. The maximum absolute atomic E-state index is 6.01. The molecule has 1 aromatic rings. The summed E-state index contributed by atoms with van der Waals surface area (Å²) >= 11 is -1.75. The molecule has 0 atom stereocenters. The first kappa shape index (κ1) is 17.7. The molecule has 0 saturated carbocycles. The van der Waals surface area contributed by atoms with E-state index in [1.165, 1.54) is 15.0 Å². The Morgan fingerprint density at radius 1 is 1.11 bits per heavy atom. The fourth-order valence-electron chi connectivity index (χ4n) is 1.85. The van der Waals surface area contributed by atoms with Crippen LogP contribution in [0.2, 0.25) is 0 Å². The molecule has 0 fully saturated rings. The Bertz CT molecular complexity index is 472. The van der Waals surface area contributed by atoms with Gasteiger partial charge in [-0.3, -0.25) is 0 Å². The van der Waals surface area contributed by atoms with Gasteiger partial charge in [0.25, 0.3) is 0 Å². The van der Waals surface area contributed by atoms with Crippen LogP contribution in [0.4, 0.5) is 0 Å². The van der Waals surface area contributed by atoms with E-state index in [1.807, 2.05) is 0 Å². The number of aryl methyl sites for hydroxylation is 2. The van der Waals surface area contributed by atoms with E-state index in [0.29, 0.717) is 0 Å². The molecular weight excluding hydrogens is 303 g/mol. The summed E-state index contributed by atoms with van der Waals surface area (Å²) < 4.78 is 7.41. The molecule has 98 valence electrons. The summed E-state index contributed by atoms with van der Waals surface area (Å²) in [6, 6.07) is 6.34. The van der Waals surface area contributed by atoms with Crippen LogP contribution in [0.5, 0.6) is 5.75 Å². The van der Waals surface area contributed by atoms with Crippen molar-refractivity contribution in [3.63, 3.8) is 0 Å². The van der Waals surface area contributed by atoms with Gasteiger partial charge in [-0.15, -0.1) is 24.8 Å². The summed E-state index contributed by atoms with van der Waals surface area (Å²) in [5.74, 6) is 0.982. The van der Waals surface area contributed by atoms with Gasteiger partial charge in [-0.1, -0.05) is 0 Å². The molecule has 0 heterocycles. The van der Waals surface area contributed by atoms with Gasteiger partial charge in [-0.25, -0.2) is 0 Å². The Labute approximate surface area is 128 Å². The summed E-state index contributed by atoms with van der Waals surface area (Å²) in [5, 5.41) is 0. The van der Waals surface area contributed by atoms with Crippen molar-refractivity contribution in [1.82, 2.24) is 0 Å². The van der Waals surface area contributed by atoms with Crippen LogP contribution in [0.3, 0.4) is 0 Å². The van der Waals surface area contributed by atoms with Crippen molar-refractivity contribution in [3.05, 3.63) is 51.4 Å². The standard InChI is InChI=1S/C8H10O.C5H5.CH2.2ClH.Ti/c1-6-3-7(2)5-8(9)4-6;1-2-4-5-3-1;;;;/h3-5,9H,1-2H3;1-3H,4H2;1H2;2*1H;/q;;;;;+1/p-1. The molecule has 0 spiro atoms. The van der Waals surface area contributed by atoms with Crippen LogP contribution in [-0.4, -0.2) is 4.82 Å². The van der Waals surface area contributed by atoms with Gasteiger partial charge in [0.2, 0.25) is 0 Å². The van der Waals surface area contributed by atoms with Crippen LogP contribution in [0.1, 0.15) is 17.5 Å². The van der Waals surface area contributed by atoms with E-state index in [2.05, 4.69) is 55.1 Å². The van der Waals surface area contributed by atoms with Crippen LogP contribution in [-0.2, 0) is 17.8 Å². The Kier molecular flexibility index (Phi) is 7.81. The van der Waals surface area contributed by atoms with E-state index in [0.717, 1.165) is 12.2 Å². The normalized spacial score (nSPS) is 12.2. The molecule has 0 radical (unpaired) electrons. The van der Waals surface area contributed by atoms with Gasteiger partial charge in [0.15, 0.2) is 0 Å².